The van der Waals surface area contributed by atoms with Gasteiger partial charge >= 0.3 is 0 Å². The van der Waals surface area contributed by atoms with Gasteiger partial charge < -0.3 is 9.73 Å². The highest BCUT2D eigenvalue weighted by Gasteiger charge is 2.12. The van der Waals surface area contributed by atoms with Crippen LogP contribution in [0.1, 0.15) is 5.76 Å². The van der Waals surface area contributed by atoms with E-state index in [1.165, 1.54) is 23.5 Å². The first kappa shape index (κ1) is 13.0. The van der Waals surface area contributed by atoms with Gasteiger partial charge in [-0.05, 0) is 24.3 Å². The van der Waals surface area contributed by atoms with Gasteiger partial charge in [0.2, 0.25) is 10.1 Å². The van der Waals surface area contributed by atoms with Crippen LogP contribution in [-0.2, 0) is 6.54 Å². The maximum Gasteiger partial charge on any atom is 0.214 e. The molecule has 110 valence electrons. The normalized spacial score (nSPS) is 11.1. The van der Waals surface area contributed by atoms with Crippen LogP contribution >= 0.6 is 11.3 Å². The monoisotopic (exact) mass is 314 g/mol. The second kappa shape index (κ2) is 5.27. The Labute approximate surface area is 129 Å². The van der Waals surface area contributed by atoms with Gasteiger partial charge in [-0.25, -0.2) is 13.9 Å². The predicted molar refractivity (Wildman–Crippen MR) is 82.3 cm³/mol. The number of hydrogen-bond donors (Lipinski definition) is 1. The second-order valence-corrected chi connectivity index (χ2v) is 5.64. The topological polar surface area (TPSA) is 55.4 Å². The summed E-state index contributed by atoms with van der Waals surface area (Å²) in [6, 6.07) is 10.1. The van der Waals surface area contributed by atoms with E-state index in [0.29, 0.717) is 6.54 Å². The Balaban J connectivity index is 1.64. The molecule has 0 aliphatic carbocycles. The van der Waals surface area contributed by atoms with Gasteiger partial charge in [-0.15, -0.1) is 5.10 Å². The number of hydrogen-bond acceptors (Lipinski definition) is 5. The zero-order chi connectivity index (χ0) is 14.9. The number of furan rings is 1. The molecule has 0 spiro atoms. The van der Waals surface area contributed by atoms with Crippen LogP contribution in [0.5, 0.6) is 0 Å². The molecular formula is C15H11FN4OS. The quantitative estimate of drug-likeness (QED) is 0.622. The summed E-state index contributed by atoms with van der Waals surface area (Å²) < 4.78 is 20.4. The minimum Gasteiger partial charge on any atom is -0.467 e. The highest BCUT2D eigenvalue weighted by molar-refractivity contribution is 7.20. The molecule has 0 bridgehead atoms. The molecule has 0 saturated carbocycles. The Bertz CT molecular complexity index is 913. The molecule has 1 N–H and O–H groups in total. The van der Waals surface area contributed by atoms with Gasteiger partial charge in [0.25, 0.3) is 0 Å². The summed E-state index contributed by atoms with van der Waals surface area (Å²) in [6.45, 7) is 0.555. The molecule has 3 aromatic heterocycles. The largest absolute Gasteiger partial charge is 0.467 e. The number of imidazole rings is 1. The Hall–Kier alpha value is -2.67. The van der Waals surface area contributed by atoms with Gasteiger partial charge in [-0.1, -0.05) is 23.5 Å². The molecule has 4 aromatic rings. The molecule has 0 aliphatic rings. The predicted octanol–water partition coefficient (Wildman–Crippen LogP) is 3.80. The number of aromatic nitrogens is 3. The average Bonchev–Trinajstić information content (AvgIpc) is 3.22. The first-order valence-electron chi connectivity index (χ1n) is 6.66. The molecule has 22 heavy (non-hydrogen) atoms. The van der Waals surface area contributed by atoms with Crippen molar-refractivity contribution in [2.75, 3.05) is 5.32 Å². The number of fused-ring (bicyclic) bond motifs is 1. The van der Waals surface area contributed by atoms with E-state index in [1.807, 2.05) is 18.2 Å². The van der Waals surface area contributed by atoms with E-state index in [1.54, 1.807) is 23.0 Å². The Kier molecular flexibility index (Phi) is 3.12. The van der Waals surface area contributed by atoms with Gasteiger partial charge in [0.05, 0.1) is 24.7 Å². The van der Waals surface area contributed by atoms with E-state index >= 15 is 0 Å². The maximum atomic E-state index is 13.4. The number of anilines is 1. The third-order valence-electron chi connectivity index (χ3n) is 3.20. The van der Waals surface area contributed by atoms with Gasteiger partial charge in [-0.3, -0.25) is 0 Å². The molecule has 0 atom stereocenters. The van der Waals surface area contributed by atoms with Crippen molar-refractivity contribution in [2.24, 2.45) is 0 Å². The highest BCUT2D eigenvalue weighted by Crippen LogP contribution is 2.26. The molecule has 0 radical (unpaired) electrons. The van der Waals surface area contributed by atoms with Gasteiger partial charge in [0.15, 0.2) is 0 Å². The van der Waals surface area contributed by atoms with Crippen LogP contribution in [0.25, 0.3) is 16.2 Å². The van der Waals surface area contributed by atoms with E-state index < -0.39 is 0 Å². The number of nitrogens with zero attached hydrogens (tertiary/aromatic N) is 3. The van der Waals surface area contributed by atoms with Crippen LogP contribution < -0.4 is 5.32 Å². The zero-order valence-electron chi connectivity index (χ0n) is 11.4. The minimum atomic E-state index is -0.279. The number of benzene rings is 1. The summed E-state index contributed by atoms with van der Waals surface area (Å²) in [7, 11) is 0. The van der Waals surface area contributed by atoms with Crippen LogP contribution in [0, 0.1) is 5.82 Å². The third-order valence-corrected chi connectivity index (χ3v) is 4.08. The van der Waals surface area contributed by atoms with Crippen LogP contribution in [0.2, 0.25) is 0 Å². The molecule has 7 heteroatoms. The number of nitrogens with one attached hydrogen (secondary N) is 1. The van der Waals surface area contributed by atoms with Gasteiger partial charge in [-0.2, -0.15) is 0 Å². The van der Waals surface area contributed by atoms with Crippen LogP contribution in [0.4, 0.5) is 9.52 Å². The summed E-state index contributed by atoms with van der Waals surface area (Å²) >= 11 is 1.43. The van der Waals surface area contributed by atoms with Crippen molar-refractivity contribution < 1.29 is 8.81 Å². The van der Waals surface area contributed by atoms with Crippen molar-refractivity contribution in [1.29, 1.82) is 0 Å². The fourth-order valence-corrected chi connectivity index (χ4v) is 2.96. The molecule has 1 aromatic carbocycles. The van der Waals surface area contributed by atoms with E-state index in [9.17, 15) is 4.39 Å². The maximum absolute atomic E-state index is 13.4. The molecule has 0 aliphatic heterocycles. The molecular weight excluding hydrogens is 303 g/mol. The summed E-state index contributed by atoms with van der Waals surface area (Å²) in [4.78, 5) is 5.07. The number of halogens is 1. The fourth-order valence-electron chi connectivity index (χ4n) is 2.18. The summed E-state index contributed by atoms with van der Waals surface area (Å²) in [5.74, 6) is 0.553. The van der Waals surface area contributed by atoms with E-state index in [-0.39, 0.29) is 5.82 Å². The Morgan fingerprint density at radius 1 is 1.27 bits per heavy atom. The standard InChI is InChI=1S/C15H11FN4OS/c16-11-4-1-3-10(7-11)13-9-18-15-20(13)19-14(22-15)17-8-12-5-2-6-21-12/h1-7,9H,8H2,(H,17,19). The van der Waals surface area contributed by atoms with Crippen LogP contribution in [-0.4, -0.2) is 14.6 Å². The van der Waals surface area contributed by atoms with Crippen molar-refractivity contribution in [2.45, 2.75) is 6.54 Å². The van der Waals surface area contributed by atoms with Crippen molar-refractivity contribution in [1.82, 2.24) is 14.6 Å². The van der Waals surface area contributed by atoms with Gasteiger partial charge in [0.1, 0.15) is 11.6 Å². The lowest BCUT2D eigenvalue weighted by Crippen LogP contribution is -1.98. The Morgan fingerprint density at radius 3 is 3.05 bits per heavy atom. The van der Waals surface area contributed by atoms with Crippen molar-refractivity contribution in [3.63, 3.8) is 0 Å². The molecule has 3 heterocycles. The SMILES string of the molecule is Fc1cccc(-c2cnc3sc(NCc4ccco4)nn23)c1. The van der Waals surface area contributed by atoms with Crippen molar-refractivity contribution in [3.8, 4) is 11.3 Å². The van der Waals surface area contributed by atoms with Crippen molar-refractivity contribution >= 4 is 21.4 Å². The number of rotatable bonds is 4. The zero-order valence-corrected chi connectivity index (χ0v) is 12.2. The fraction of sp³-hybridized carbons (Fsp3) is 0.0667. The highest BCUT2D eigenvalue weighted by atomic mass is 32.1. The molecule has 5 nitrogen and oxygen atoms in total. The lowest BCUT2D eigenvalue weighted by Gasteiger charge is -1.99. The van der Waals surface area contributed by atoms with Crippen LogP contribution in [0.15, 0.2) is 53.3 Å². The summed E-state index contributed by atoms with van der Waals surface area (Å²) in [5.41, 5.74) is 1.51. The molecule has 0 fully saturated rings. The Morgan fingerprint density at radius 2 is 2.23 bits per heavy atom. The molecule has 0 unspecified atom stereocenters. The van der Waals surface area contributed by atoms with E-state index in [0.717, 1.165) is 27.1 Å². The van der Waals surface area contributed by atoms with E-state index in [2.05, 4.69) is 15.4 Å². The molecule has 0 saturated heterocycles. The molecule has 4 rings (SSSR count). The molecule has 0 amide bonds. The first-order chi connectivity index (χ1) is 10.8. The lowest BCUT2D eigenvalue weighted by atomic mass is 10.2. The smallest absolute Gasteiger partial charge is 0.214 e. The lowest BCUT2D eigenvalue weighted by molar-refractivity contribution is 0.518. The van der Waals surface area contributed by atoms with E-state index in [4.69, 9.17) is 4.42 Å². The van der Waals surface area contributed by atoms with Crippen LogP contribution in [0.3, 0.4) is 0 Å². The second-order valence-electron chi connectivity index (χ2n) is 4.69. The summed E-state index contributed by atoms with van der Waals surface area (Å²) in [6.07, 6.45) is 3.33. The summed E-state index contributed by atoms with van der Waals surface area (Å²) in [5, 5.41) is 8.40. The first-order valence-corrected chi connectivity index (χ1v) is 7.48. The third kappa shape index (κ3) is 2.35. The van der Waals surface area contributed by atoms with Gasteiger partial charge in [0, 0.05) is 5.56 Å². The average molecular weight is 314 g/mol. The minimum absolute atomic E-state index is 0.279. The van der Waals surface area contributed by atoms with Crippen molar-refractivity contribution in [3.05, 3.63) is 60.4 Å².